The van der Waals surface area contributed by atoms with Crippen molar-refractivity contribution in [1.29, 1.82) is 0 Å². The smallest absolute Gasteiger partial charge is 0.316 e. The minimum absolute atomic E-state index is 0.255. The summed E-state index contributed by atoms with van der Waals surface area (Å²) in [5.41, 5.74) is 9.06. The predicted molar refractivity (Wildman–Crippen MR) is 113 cm³/mol. The Bertz CT molecular complexity index is 1190. The van der Waals surface area contributed by atoms with Gasteiger partial charge in [-0.2, -0.15) is 0 Å². The summed E-state index contributed by atoms with van der Waals surface area (Å²) in [6.45, 7) is 0. The van der Waals surface area contributed by atoms with Gasteiger partial charge in [0.2, 0.25) is 0 Å². The molecule has 0 saturated heterocycles. The maximum atomic E-state index is 13.0. The summed E-state index contributed by atoms with van der Waals surface area (Å²) < 4.78 is 0. The quantitative estimate of drug-likeness (QED) is 0.494. The van der Waals surface area contributed by atoms with Gasteiger partial charge in [0.25, 0.3) is 5.91 Å². The third-order valence-electron chi connectivity index (χ3n) is 4.35. The molecule has 0 aliphatic carbocycles. The molecule has 7 nitrogen and oxygen atoms in total. The van der Waals surface area contributed by atoms with E-state index < -0.39 is 6.03 Å². The average molecular weight is 383 g/mol. The molecule has 7 heteroatoms. The molecule has 2 aromatic heterocycles. The third-order valence-corrected chi connectivity index (χ3v) is 4.35. The SMILES string of the molecule is NC(=O)Nc1ccc(NC(=O)c2cc(-c3ccncc3)nc3ccccc23)cc1. The first kappa shape index (κ1) is 18.1. The van der Waals surface area contributed by atoms with Gasteiger partial charge >= 0.3 is 6.03 Å². The molecule has 0 fully saturated rings. The van der Waals surface area contributed by atoms with Crippen LogP contribution in [0.4, 0.5) is 16.2 Å². The lowest BCUT2D eigenvalue weighted by molar-refractivity contribution is 0.102. The molecule has 0 atom stereocenters. The number of nitrogens with two attached hydrogens (primary N) is 1. The van der Waals surface area contributed by atoms with E-state index >= 15 is 0 Å². The van der Waals surface area contributed by atoms with Crippen LogP contribution in [0.15, 0.2) is 79.1 Å². The molecule has 2 heterocycles. The molecule has 0 unspecified atom stereocenters. The summed E-state index contributed by atoms with van der Waals surface area (Å²) in [5.74, 6) is -0.255. The van der Waals surface area contributed by atoms with Crippen LogP contribution in [0.2, 0.25) is 0 Å². The Labute approximate surface area is 166 Å². The van der Waals surface area contributed by atoms with Gasteiger partial charge in [-0.3, -0.25) is 9.78 Å². The number of fused-ring (bicyclic) bond motifs is 1. The molecule has 0 spiro atoms. The van der Waals surface area contributed by atoms with Crippen molar-refractivity contribution in [3.8, 4) is 11.3 Å². The number of pyridine rings is 2. The van der Waals surface area contributed by atoms with E-state index in [9.17, 15) is 9.59 Å². The van der Waals surface area contributed by atoms with Gasteiger partial charge in [0, 0.05) is 34.7 Å². The number of benzene rings is 2. The van der Waals surface area contributed by atoms with Gasteiger partial charge in [-0.15, -0.1) is 0 Å². The van der Waals surface area contributed by atoms with Crippen LogP contribution in [0.1, 0.15) is 10.4 Å². The van der Waals surface area contributed by atoms with Crippen molar-refractivity contribution in [2.75, 3.05) is 10.6 Å². The zero-order valence-electron chi connectivity index (χ0n) is 15.3. The fourth-order valence-electron chi connectivity index (χ4n) is 3.01. The van der Waals surface area contributed by atoms with Crippen molar-refractivity contribution in [1.82, 2.24) is 9.97 Å². The number of nitrogens with one attached hydrogen (secondary N) is 2. The number of hydrogen-bond donors (Lipinski definition) is 3. The Morgan fingerprint density at radius 3 is 2.17 bits per heavy atom. The Morgan fingerprint density at radius 1 is 0.828 bits per heavy atom. The summed E-state index contributed by atoms with van der Waals surface area (Å²) in [4.78, 5) is 32.7. The molecule has 2 aromatic carbocycles. The lowest BCUT2D eigenvalue weighted by atomic mass is 10.0. The maximum absolute atomic E-state index is 13.0. The molecule has 0 radical (unpaired) electrons. The van der Waals surface area contributed by atoms with E-state index in [0.29, 0.717) is 22.6 Å². The number of amides is 3. The number of rotatable bonds is 4. The second kappa shape index (κ2) is 7.77. The number of carbonyl (C=O) groups excluding carboxylic acids is 2. The van der Waals surface area contributed by atoms with E-state index in [4.69, 9.17) is 5.73 Å². The standard InChI is InChI=1S/C22H17N5O2/c23-22(29)26-16-7-5-15(6-8-16)25-21(28)18-13-20(14-9-11-24-12-10-14)27-19-4-2-1-3-17(18)19/h1-13H,(H,25,28)(H3,23,26,29). The summed E-state index contributed by atoms with van der Waals surface area (Å²) in [5, 5.41) is 6.13. The minimum atomic E-state index is -0.645. The van der Waals surface area contributed by atoms with Crippen molar-refractivity contribution in [3.63, 3.8) is 0 Å². The van der Waals surface area contributed by atoms with E-state index in [1.165, 1.54) is 0 Å². The molecule has 4 rings (SSSR count). The Hall–Kier alpha value is -4.26. The summed E-state index contributed by atoms with van der Waals surface area (Å²) in [6.07, 6.45) is 3.38. The minimum Gasteiger partial charge on any atom is -0.351 e. The lowest BCUT2D eigenvalue weighted by Crippen LogP contribution is -2.19. The zero-order valence-corrected chi connectivity index (χ0v) is 15.3. The van der Waals surface area contributed by atoms with Crippen molar-refractivity contribution < 1.29 is 9.59 Å². The molecular weight excluding hydrogens is 366 g/mol. The topological polar surface area (TPSA) is 110 Å². The van der Waals surface area contributed by atoms with Crippen molar-refractivity contribution in [3.05, 3.63) is 84.7 Å². The van der Waals surface area contributed by atoms with Gasteiger partial charge in [-0.25, -0.2) is 9.78 Å². The number of para-hydroxylation sites is 1. The average Bonchev–Trinajstić information content (AvgIpc) is 2.74. The van der Waals surface area contributed by atoms with Gasteiger partial charge in [0.05, 0.1) is 16.8 Å². The molecule has 0 aliphatic heterocycles. The van der Waals surface area contributed by atoms with E-state index in [1.54, 1.807) is 42.7 Å². The van der Waals surface area contributed by atoms with Crippen LogP contribution in [-0.2, 0) is 0 Å². The highest BCUT2D eigenvalue weighted by Crippen LogP contribution is 2.25. The monoisotopic (exact) mass is 383 g/mol. The van der Waals surface area contributed by atoms with Crippen LogP contribution in [0, 0.1) is 0 Å². The van der Waals surface area contributed by atoms with Gasteiger partial charge < -0.3 is 16.4 Å². The molecule has 4 N–H and O–H groups in total. The van der Waals surface area contributed by atoms with E-state index in [0.717, 1.165) is 16.5 Å². The largest absolute Gasteiger partial charge is 0.351 e. The number of primary amides is 1. The van der Waals surface area contributed by atoms with Crippen molar-refractivity contribution >= 4 is 34.2 Å². The molecule has 3 amide bonds. The summed E-state index contributed by atoms with van der Waals surface area (Å²) in [6, 6.07) is 19.0. The second-order valence-electron chi connectivity index (χ2n) is 6.33. The van der Waals surface area contributed by atoms with Crippen molar-refractivity contribution in [2.24, 2.45) is 5.73 Å². The van der Waals surface area contributed by atoms with Crippen LogP contribution in [-0.4, -0.2) is 21.9 Å². The first-order chi connectivity index (χ1) is 14.1. The van der Waals surface area contributed by atoms with Crippen LogP contribution in [0.3, 0.4) is 0 Å². The Kier molecular flexibility index (Phi) is 4.86. The highest BCUT2D eigenvalue weighted by molar-refractivity contribution is 6.13. The van der Waals surface area contributed by atoms with Crippen LogP contribution >= 0.6 is 0 Å². The fourth-order valence-corrected chi connectivity index (χ4v) is 3.01. The number of aromatic nitrogens is 2. The molecule has 142 valence electrons. The summed E-state index contributed by atoms with van der Waals surface area (Å²) >= 11 is 0. The fraction of sp³-hybridized carbons (Fsp3) is 0. The summed E-state index contributed by atoms with van der Waals surface area (Å²) in [7, 11) is 0. The van der Waals surface area contributed by atoms with Crippen LogP contribution < -0.4 is 16.4 Å². The van der Waals surface area contributed by atoms with E-state index in [-0.39, 0.29) is 5.91 Å². The normalized spacial score (nSPS) is 10.5. The maximum Gasteiger partial charge on any atom is 0.316 e. The zero-order chi connectivity index (χ0) is 20.2. The highest BCUT2D eigenvalue weighted by atomic mass is 16.2. The van der Waals surface area contributed by atoms with E-state index in [1.807, 2.05) is 36.4 Å². The van der Waals surface area contributed by atoms with Gasteiger partial charge in [0.1, 0.15) is 0 Å². The lowest BCUT2D eigenvalue weighted by Gasteiger charge is -2.11. The highest BCUT2D eigenvalue weighted by Gasteiger charge is 2.14. The second-order valence-corrected chi connectivity index (χ2v) is 6.33. The van der Waals surface area contributed by atoms with E-state index in [2.05, 4.69) is 20.6 Å². The first-order valence-electron chi connectivity index (χ1n) is 8.88. The first-order valence-corrected chi connectivity index (χ1v) is 8.88. The third kappa shape index (κ3) is 4.03. The predicted octanol–water partition coefficient (Wildman–Crippen LogP) is 4.04. The number of anilines is 2. The van der Waals surface area contributed by atoms with Gasteiger partial charge in [0.15, 0.2) is 0 Å². The van der Waals surface area contributed by atoms with Crippen LogP contribution in [0.25, 0.3) is 22.2 Å². The van der Waals surface area contributed by atoms with Gasteiger partial charge in [-0.1, -0.05) is 18.2 Å². The Morgan fingerprint density at radius 2 is 1.48 bits per heavy atom. The molecule has 0 saturated carbocycles. The van der Waals surface area contributed by atoms with Crippen LogP contribution in [0.5, 0.6) is 0 Å². The number of urea groups is 1. The van der Waals surface area contributed by atoms with Gasteiger partial charge in [-0.05, 0) is 48.5 Å². The molecular formula is C22H17N5O2. The number of hydrogen-bond acceptors (Lipinski definition) is 4. The molecule has 0 bridgehead atoms. The number of nitrogens with zero attached hydrogens (tertiary/aromatic N) is 2. The van der Waals surface area contributed by atoms with Crippen molar-refractivity contribution in [2.45, 2.75) is 0 Å². The Balaban J connectivity index is 1.69. The molecule has 4 aromatic rings. The number of carbonyl (C=O) groups is 2. The molecule has 0 aliphatic rings. The molecule has 29 heavy (non-hydrogen) atoms.